The van der Waals surface area contributed by atoms with E-state index in [1.54, 1.807) is 42.6 Å². The summed E-state index contributed by atoms with van der Waals surface area (Å²) in [4.78, 5) is 16.8. The molecule has 0 unspecified atom stereocenters. The van der Waals surface area contributed by atoms with Gasteiger partial charge >= 0.3 is 5.97 Å². The molecule has 0 bridgehead atoms. The molecule has 0 aliphatic rings. The van der Waals surface area contributed by atoms with E-state index in [-0.39, 0.29) is 11.5 Å². The van der Waals surface area contributed by atoms with Gasteiger partial charge in [0.15, 0.2) is 0 Å². The van der Waals surface area contributed by atoms with E-state index in [1.165, 1.54) is 43.7 Å². The third-order valence-corrected chi connectivity index (χ3v) is 5.47. The normalized spacial score (nSPS) is 11.0. The number of aromatic hydroxyl groups is 1. The van der Waals surface area contributed by atoms with E-state index < -0.39 is 5.97 Å². The maximum atomic E-state index is 12.4. The summed E-state index contributed by atoms with van der Waals surface area (Å²) in [6.07, 6.45) is 9.07. The number of ether oxygens (including phenoxy) is 2. The molecule has 5 nitrogen and oxygen atoms in total. The van der Waals surface area contributed by atoms with Crippen LogP contribution in [0.1, 0.15) is 67.4 Å². The van der Waals surface area contributed by atoms with E-state index in [0.717, 1.165) is 12.1 Å². The highest BCUT2D eigenvalue weighted by molar-refractivity contribution is 5.91. The summed E-state index contributed by atoms with van der Waals surface area (Å²) in [7, 11) is 0. The molecule has 0 amide bonds. The molecule has 0 aliphatic heterocycles. The van der Waals surface area contributed by atoms with Crippen molar-refractivity contribution in [2.24, 2.45) is 4.99 Å². The molecule has 3 aromatic rings. The first-order valence-corrected chi connectivity index (χ1v) is 12.0. The van der Waals surface area contributed by atoms with Crippen molar-refractivity contribution in [3.63, 3.8) is 0 Å². The summed E-state index contributed by atoms with van der Waals surface area (Å²) in [5, 5.41) is 10.4. The standard InChI is InChI=1S/C29H33NO4/c1-3-5-6-7-8-9-22-10-15-25(16-11-22)30-21-24-14-19-27(20-28(24)31)34-29(32)23-12-17-26(18-13-23)33-4-2/h10-21,31H,3-9H2,1-2H3. The van der Waals surface area contributed by atoms with E-state index in [4.69, 9.17) is 9.47 Å². The van der Waals surface area contributed by atoms with Gasteiger partial charge in [-0.2, -0.15) is 0 Å². The van der Waals surface area contributed by atoms with Crippen LogP contribution in [-0.4, -0.2) is 23.9 Å². The van der Waals surface area contributed by atoms with Crippen LogP contribution in [0.15, 0.2) is 71.7 Å². The van der Waals surface area contributed by atoms with Gasteiger partial charge in [0, 0.05) is 17.8 Å². The Balaban J connectivity index is 1.54. The number of unbranched alkanes of at least 4 members (excludes halogenated alkanes) is 4. The minimum atomic E-state index is -0.505. The molecule has 0 saturated carbocycles. The van der Waals surface area contributed by atoms with Crippen molar-refractivity contribution >= 4 is 17.9 Å². The Kier molecular flexibility index (Phi) is 9.71. The fourth-order valence-corrected chi connectivity index (χ4v) is 3.54. The molecular weight excluding hydrogens is 426 g/mol. The van der Waals surface area contributed by atoms with Crippen LogP contribution in [0, 0.1) is 0 Å². The van der Waals surface area contributed by atoms with Crippen molar-refractivity contribution in [2.45, 2.75) is 52.4 Å². The molecule has 178 valence electrons. The van der Waals surface area contributed by atoms with Gasteiger partial charge in [0.1, 0.15) is 17.2 Å². The van der Waals surface area contributed by atoms with Gasteiger partial charge in [0.05, 0.1) is 17.9 Å². The maximum Gasteiger partial charge on any atom is 0.343 e. The van der Waals surface area contributed by atoms with Gasteiger partial charge in [-0.15, -0.1) is 0 Å². The van der Waals surface area contributed by atoms with Crippen LogP contribution in [0.5, 0.6) is 17.2 Å². The van der Waals surface area contributed by atoms with Gasteiger partial charge in [-0.25, -0.2) is 4.79 Å². The number of rotatable bonds is 12. The Hall–Kier alpha value is -3.60. The largest absolute Gasteiger partial charge is 0.507 e. The first kappa shape index (κ1) is 25.0. The fraction of sp³-hybridized carbons (Fsp3) is 0.310. The average Bonchev–Trinajstić information content (AvgIpc) is 2.85. The number of aliphatic imine (C=N–C) groups is 1. The number of aryl methyl sites for hydroxylation is 1. The summed E-state index contributed by atoms with van der Waals surface area (Å²) in [6, 6.07) is 19.6. The first-order valence-electron chi connectivity index (χ1n) is 12.0. The van der Waals surface area contributed by atoms with Gasteiger partial charge in [-0.1, -0.05) is 44.7 Å². The van der Waals surface area contributed by atoms with Gasteiger partial charge in [-0.05, 0) is 73.9 Å². The molecule has 0 spiro atoms. The molecule has 0 aliphatic carbocycles. The summed E-state index contributed by atoms with van der Waals surface area (Å²) >= 11 is 0. The van der Waals surface area contributed by atoms with Crippen molar-refractivity contribution in [3.05, 3.63) is 83.4 Å². The first-order chi connectivity index (χ1) is 16.6. The highest BCUT2D eigenvalue weighted by Crippen LogP contribution is 2.24. The molecule has 0 fully saturated rings. The van der Waals surface area contributed by atoms with Crippen molar-refractivity contribution in [2.75, 3.05) is 6.61 Å². The minimum Gasteiger partial charge on any atom is -0.507 e. The second kappa shape index (κ2) is 13.2. The lowest BCUT2D eigenvalue weighted by Crippen LogP contribution is -2.08. The highest BCUT2D eigenvalue weighted by atomic mass is 16.5. The number of hydrogen-bond acceptors (Lipinski definition) is 5. The molecule has 0 saturated heterocycles. The lowest BCUT2D eigenvalue weighted by atomic mass is 10.1. The fourth-order valence-electron chi connectivity index (χ4n) is 3.54. The summed E-state index contributed by atoms with van der Waals surface area (Å²) in [6.45, 7) is 4.69. The van der Waals surface area contributed by atoms with E-state index in [9.17, 15) is 9.90 Å². The van der Waals surface area contributed by atoms with E-state index >= 15 is 0 Å². The summed E-state index contributed by atoms with van der Waals surface area (Å²) < 4.78 is 10.8. The number of nitrogens with zero attached hydrogens (tertiary/aromatic N) is 1. The smallest absolute Gasteiger partial charge is 0.343 e. The van der Waals surface area contributed by atoms with Crippen LogP contribution in [0.3, 0.4) is 0 Å². The second-order valence-corrected chi connectivity index (χ2v) is 8.16. The second-order valence-electron chi connectivity index (χ2n) is 8.16. The number of phenols is 1. The van der Waals surface area contributed by atoms with Crippen LogP contribution in [0.2, 0.25) is 0 Å². The third kappa shape index (κ3) is 7.77. The zero-order valence-electron chi connectivity index (χ0n) is 20.0. The van der Waals surface area contributed by atoms with Crippen LogP contribution >= 0.6 is 0 Å². The number of esters is 1. The molecule has 0 atom stereocenters. The third-order valence-electron chi connectivity index (χ3n) is 5.47. The SMILES string of the molecule is CCCCCCCc1ccc(N=Cc2ccc(OC(=O)c3ccc(OCC)cc3)cc2O)cc1. The molecule has 3 rings (SSSR count). The van der Waals surface area contributed by atoms with Crippen molar-refractivity contribution < 1.29 is 19.4 Å². The summed E-state index contributed by atoms with van der Waals surface area (Å²) in [5.74, 6) is 0.438. The lowest BCUT2D eigenvalue weighted by molar-refractivity contribution is 0.0734. The summed E-state index contributed by atoms with van der Waals surface area (Å²) in [5.41, 5.74) is 3.08. The van der Waals surface area contributed by atoms with Crippen LogP contribution < -0.4 is 9.47 Å². The predicted molar refractivity (Wildman–Crippen MR) is 137 cm³/mol. The average molecular weight is 460 g/mol. The van der Waals surface area contributed by atoms with Crippen LogP contribution in [0.25, 0.3) is 0 Å². The Morgan fingerprint density at radius 2 is 1.59 bits per heavy atom. The Morgan fingerprint density at radius 3 is 2.26 bits per heavy atom. The molecule has 0 heterocycles. The van der Waals surface area contributed by atoms with E-state index in [1.807, 2.05) is 19.1 Å². The monoisotopic (exact) mass is 459 g/mol. The quantitative estimate of drug-likeness (QED) is 0.134. The zero-order valence-corrected chi connectivity index (χ0v) is 20.0. The van der Waals surface area contributed by atoms with Gasteiger partial charge in [0.25, 0.3) is 0 Å². The van der Waals surface area contributed by atoms with Crippen LogP contribution in [0.4, 0.5) is 5.69 Å². The topological polar surface area (TPSA) is 68.1 Å². The molecule has 1 N–H and O–H groups in total. The van der Waals surface area contributed by atoms with E-state index in [2.05, 4.69) is 24.0 Å². The molecule has 0 aromatic heterocycles. The van der Waals surface area contributed by atoms with Crippen molar-refractivity contribution in [3.8, 4) is 17.2 Å². The molecule has 3 aromatic carbocycles. The molecule has 34 heavy (non-hydrogen) atoms. The zero-order chi connectivity index (χ0) is 24.2. The van der Waals surface area contributed by atoms with Crippen molar-refractivity contribution in [1.82, 2.24) is 0 Å². The number of carbonyl (C=O) groups is 1. The van der Waals surface area contributed by atoms with Gasteiger partial charge in [-0.3, -0.25) is 4.99 Å². The number of phenolic OH excluding ortho intramolecular Hbond substituents is 1. The Bertz CT molecular complexity index is 1070. The molecular formula is C29H33NO4. The molecule has 5 heteroatoms. The minimum absolute atomic E-state index is 0.00977. The van der Waals surface area contributed by atoms with E-state index in [0.29, 0.717) is 23.5 Å². The van der Waals surface area contributed by atoms with Gasteiger partial charge in [0.2, 0.25) is 0 Å². The maximum absolute atomic E-state index is 12.4. The highest BCUT2D eigenvalue weighted by Gasteiger charge is 2.10. The predicted octanol–water partition coefficient (Wildman–Crippen LogP) is 7.27. The number of carbonyl (C=O) groups excluding carboxylic acids is 1. The number of benzene rings is 3. The Morgan fingerprint density at radius 1 is 0.882 bits per heavy atom. The number of hydrogen-bond donors (Lipinski definition) is 1. The lowest BCUT2D eigenvalue weighted by Gasteiger charge is -2.07. The van der Waals surface area contributed by atoms with Crippen LogP contribution in [-0.2, 0) is 6.42 Å². The Labute approximate surface area is 202 Å². The van der Waals surface area contributed by atoms with Gasteiger partial charge < -0.3 is 14.6 Å². The molecule has 0 radical (unpaired) electrons. The van der Waals surface area contributed by atoms with Crippen molar-refractivity contribution in [1.29, 1.82) is 0 Å².